The lowest BCUT2D eigenvalue weighted by molar-refractivity contribution is -0.389. The number of aromatic nitrogens is 2. The highest BCUT2D eigenvalue weighted by atomic mass is 16.6. The van der Waals surface area contributed by atoms with Gasteiger partial charge in [-0.1, -0.05) is 6.07 Å². The number of anilines is 1. The Hall–Kier alpha value is -2.84. The summed E-state index contributed by atoms with van der Waals surface area (Å²) in [5.74, 6) is 0.279. The number of ether oxygens (including phenoxy) is 1. The summed E-state index contributed by atoms with van der Waals surface area (Å²) < 4.78 is 6.84. The lowest BCUT2D eigenvalue weighted by Gasteiger charge is -2.35. The summed E-state index contributed by atoms with van der Waals surface area (Å²) in [6, 6.07) is 5.25. The molecule has 2 aromatic rings. The normalized spacial score (nSPS) is 15.5. The molecule has 0 radical (unpaired) electrons. The van der Waals surface area contributed by atoms with Crippen LogP contribution in [0.2, 0.25) is 0 Å². The van der Waals surface area contributed by atoms with Crippen molar-refractivity contribution in [3.8, 4) is 0 Å². The number of nitro groups is 1. The number of imidazole rings is 1. The van der Waals surface area contributed by atoms with Crippen molar-refractivity contribution in [2.45, 2.75) is 26.4 Å². The molecule has 0 aromatic carbocycles. The summed E-state index contributed by atoms with van der Waals surface area (Å²) in [7, 11) is 0. The van der Waals surface area contributed by atoms with E-state index in [4.69, 9.17) is 4.74 Å². The third-order valence-electron chi connectivity index (χ3n) is 3.89. The molecule has 3 rings (SSSR count). The standard InChI is InChI=1S/C16H21N5O4/c1-16(2,3)25-15(22)19-10-8-18(9-11-19)13-14(21(23)24)20-7-5-4-6-12(20)17-13/h4-7H,8-11H2,1-3H3. The Balaban J connectivity index is 1.77. The molecule has 1 aliphatic rings. The van der Waals surface area contributed by atoms with Crippen molar-refractivity contribution in [2.75, 3.05) is 31.1 Å². The highest BCUT2D eigenvalue weighted by Crippen LogP contribution is 2.29. The molecule has 1 aliphatic heterocycles. The second kappa shape index (κ2) is 6.23. The van der Waals surface area contributed by atoms with E-state index in [1.807, 2.05) is 25.7 Å². The van der Waals surface area contributed by atoms with Crippen LogP contribution in [0.25, 0.3) is 5.65 Å². The van der Waals surface area contributed by atoms with Crippen LogP contribution in [0.15, 0.2) is 24.4 Å². The number of carbonyl (C=O) groups excluding carboxylic acids is 1. The molecule has 0 saturated carbocycles. The highest BCUT2D eigenvalue weighted by Gasteiger charge is 2.31. The number of rotatable bonds is 2. The second-order valence-corrected chi connectivity index (χ2v) is 6.90. The van der Waals surface area contributed by atoms with Gasteiger partial charge in [0.1, 0.15) is 5.60 Å². The average molecular weight is 347 g/mol. The van der Waals surface area contributed by atoms with Crippen molar-refractivity contribution in [1.82, 2.24) is 14.3 Å². The molecule has 134 valence electrons. The zero-order valence-electron chi connectivity index (χ0n) is 14.5. The van der Waals surface area contributed by atoms with Crippen LogP contribution in [-0.4, -0.2) is 57.1 Å². The molecule has 2 aromatic heterocycles. The van der Waals surface area contributed by atoms with Gasteiger partial charge in [-0.25, -0.2) is 4.79 Å². The van der Waals surface area contributed by atoms with Gasteiger partial charge in [-0.2, -0.15) is 9.38 Å². The number of hydrogen-bond donors (Lipinski definition) is 0. The summed E-state index contributed by atoms with van der Waals surface area (Å²) >= 11 is 0. The van der Waals surface area contributed by atoms with Crippen molar-refractivity contribution >= 4 is 23.4 Å². The Bertz CT molecular complexity index is 802. The molecule has 1 amide bonds. The first-order valence-corrected chi connectivity index (χ1v) is 8.10. The van der Waals surface area contributed by atoms with Crippen LogP contribution >= 0.6 is 0 Å². The molecular weight excluding hydrogens is 326 g/mol. The fourth-order valence-electron chi connectivity index (χ4n) is 2.78. The number of pyridine rings is 1. The number of nitrogens with zero attached hydrogens (tertiary/aromatic N) is 5. The Labute approximate surface area is 144 Å². The largest absolute Gasteiger partial charge is 0.444 e. The van der Waals surface area contributed by atoms with E-state index < -0.39 is 10.5 Å². The lowest BCUT2D eigenvalue weighted by Crippen LogP contribution is -2.50. The zero-order chi connectivity index (χ0) is 18.2. The molecule has 1 fully saturated rings. The number of fused-ring (bicyclic) bond motifs is 1. The van der Waals surface area contributed by atoms with Gasteiger partial charge in [0.05, 0.1) is 6.20 Å². The molecule has 0 bridgehead atoms. The summed E-state index contributed by atoms with van der Waals surface area (Å²) in [5.41, 5.74) is -0.0204. The second-order valence-electron chi connectivity index (χ2n) is 6.90. The van der Waals surface area contributed by atoms with Crippen LogP contribution in [0.4, 0.5) is 16.4 Å². The summed E-state index contributed by atoms with van der Waals surface area (Å²) in [4.78, 5) is 31.1. The van der Waals surface area contributed by atoms with E-state index in [-0.39, 0.29) is 11.9 Å². The smallest absolute Gasteiger partial charge is 0.410 e. The fraction of sp³-hybridized carbons (Fsp3) is 0.500. The van der Waals surface area contributed by atoms with Gasteiger partial charge in [0, 0.05) is 32.2 Å². The Kier molecular flexibility index (Phi) is 4.23. The minimum Gasteiger partial charge on any atom is -0.444 e. The van der Waals surface area contributed by atoms with Gasteiger partial charge in [-0.05, 0) is 31.8 Å². The molecule has 0 spiro atoms. The molecule has 0 atom stereocenters. The number of hydrogen-bond acceptors (Lipinski definition) is 6. The predicted octanol–water partition coefficient (Wildman–Crippen LogP) is 2.30. The maximum absolute atomic E-state index is 12.1. The van der Waals surface area contributed by atoms with Gasteiger partial charge in [0.25, 0.3) is 0 Å². The average Bonchev–Trinajstić information content (AvgIpc) is 2.93. The summed E-state index contributed by atoms with van der Waals surface area (Å²) in [5, 5.41) is 11.5. The van der Waals surface area contributed by atoms with Crippen LogP contribution in [0.3, 0.4) is 0 Å². The third kappa shape index (κ3) is 3.49. The topological polar surface area (TPSA) is 93.2 Å². The van der Waals surface area contributed by atoms with E-state index in [0.717, 1.165) is 0 Å². The van der Waals surface area contributed by atoms with Crippen LogP contribution in [-0.2, 0) is 4.74 Å². The van der Waals surface area contributed by atoms with Gasteiger partial charge in [0.15, 0.2) is 0 Å². The van der Waals surface area contributed by atoms with Crippen molar-refractivity contribution < 1.29 is 14.5 Å². The number of piperazine rings is 1. The SMILES string of the molecule is CC(C)(C)OC(=O)N1CCN(c2nc3ccccn3c2[N+](=O)[O-])CC1. The van der Waals surface area contributed by atoms with Crippen molar-refractivity contribution in [3.63, 3.8) is 0 Å². The van der Waals surface area contributed by atoms with E-state index in [2.05, 4.69) is 4.98 Å². The highest BCUT2D eigenvalue weighted by molar-refractivity contribution is 5.69. The molecule has 1 saturated heterocycles. The fourth-order valence-corrected chi connectivity index (χ4v) is 2.78. The van der Waals surface area contributed by atoms with Crippen molar-refractivity contribution in [2.24, 2.45) is 0 Å². The molecule has 0 unspecified atom stereocenters. The minimum absolute atomic E-state index is 0.0543. The number of amides is 1. The monoisotopic (exact) mass is 347 g/mol. The van der Waals surface area contributed by atoms with Gasteiger partial charge in [0.2, 0.25) is 11.5 Å². The van der Waals surface area contributed by atoms with Crippen LogP contribution in [0.5, 0.6) is 0 Å². The van der Waals surface area contributed by atoms with E-state index in [1.54, 1.807) is 29.3 Å². The van der Waals surface area contributed by atoms with Crippen LogP contribution in [0, 0.1) is 10.1 Å². The van der Waals surface area contributed by atoms with E-state index in [9.17, 15) is 14.9 Å². The van der Waals surface area contributed by atoms with Gasteiger partial charge in [-0.3, -0.25) is 0 Å². The molecule has 3 heterocycles. The Morgan fingerprint density at radius 1 is 1.24 bits per heavy atom. The van der Waals surface area contributed by atoms with Crippen molar-refractivity contribution in [3.05, 3.63) is 34.5 Å². The molecule has 9 heteroatoms. The lowest BCUT2D eigenvalue weighted by atomic mass is 10.2. The van der Waals surface area contributed by atoms with Gasteiger partial charge in [-0.15, -0.1) is 0 Å². The molecule has 0 aliphatic carbocycles. The quantitative estimate of drug-likeness (QED) is 0.611. The maximum atomic E-state index is 12.1. The molecule has 9 nitrogen and oxygen atoms in total. The Morgan fingerprint density at radius 2 is 1.92 bits per heavy atom. The molecular formula is C16H21N5O4. The molecule has 0 N–H and O–H groups in total. The maximum Gasteiger partial charge on any atom is 0.410 e. The van der Waals surface area contributed by atoms with Crippen LogP contribution in [0.1, 0.15) is 20.8 Å². The first-order valence-electron chi connectivity index (χ1n) is 8.10. The summed E-state index contributed by atoms with van der Waals surface area (Å²) in [6.07, 6.45) is 1.26. The first kappa shape index (κ1) is 17.0. The number of carbonyl (C=O) groups is 1. The van der Waals surface area contributed by atoms with Gasteiger partial charge >= 0.3 is 11.9 Å². The first-order chi connectivity index (χ1) is 11.8. The van der Waals surface area contributed by atoms with E-state index in [0.29, 0.717) is 37.6 Å². The van der Waals surface area contributed by atoms with E-state index >= 15 is 0 Å². The van der Waals surface area contributed by atoms with Crippen LogP contribution < -0.4 is 4.90 Å². The third-order valence-corrected chi connectivity index (χ3v) is 3.89. The molecule has 25 heavy (non-hydrogen) atoms. The van der Waals surface area contributed by atoms with E-state index in [1.165, 1.54) is 4.40 Å². The van der Waals surface area contributed by atoms with Gasteiger partial charge < -0.3 is 24.7 Å². The minimum atomic E-state index is -0.547. The Morgan fingerprint density at radius 3 is 2.52 bits per heavy atom. The zero-order valence-corrected chi connectivity index (χ0v) is 14.5. The van der Waals surface area contributed by atoms with Crippen molar-refractivity contribution in [1.29, 1.82) is 0 Å². The summed E-state index contributed by atoms with van der Waals surface area (Å²) in [6.45, 7) is 7.25. The predicted molar refractivity (Wildman–Crippen MR) is 91.9 cm³/mol.